The van der Waals surface area contributed by atoms with Gasteiger partial charge in [0.15, 0.2) is 0 Å². The van der Waals surface area contributed by atoms with Crippen molar-refractivity contribution in [2.45, 2.75) is 6.54 Å². The van der Waals surface area contributed by atoms with Crippen LogP contribution in [0.4, 0.5) is 0 Å². The molecule has 0 aliphatic rings. The molecule has 1 amide bonds. The minimum atomic E-state index is 0.0110. The molecule has 0 bridgehead atoms. The van der Waals surface area contributed by atoms with Gasteiger partial charge in [-0.3, -0.25) is 14.8 Å². The number of fused-ring (bicyclic) bond motifs is 1. The molecule has 0 N–H and O–H groups in total. The highest BCUT2D eigenvalue weighted by molar-refractivity contribution is 7.20. The van der Waals surface area contributed by atoms with E-state index in [1.54, 1.807) is 30.5 Å². The first kappa shape index (κ1) is 12.7. The van der Waals surface area contributed by atoms with Gasteiger partial charge in [0.25, 0.3) is 5.91 Å². The molecule has 0 saturated heterocycles. The fourth-order valence-corrected chi connectivity index (χ4v) is 3.06. The highest BCUT2D eigenvalue weighted by Gasteiger charge is 2.15. The van der Waals surface area contributed by atoms with Gasteiger partial charge in [-0.05, 0) is 17.5 Å². The summed E-state index contributed by atoms with van der Waals surface area (Å²) in [6.45, 7) is 0.459. The van der Waals surface area contributed by atoms with Crippen LogP contribution >= 0.6 is 11.3 Å². The van der Waals surface area contributed by atoms with Gasteiger partial charge < -0.3 is 4.90 Å². The van der Waals surface area contributed by atoms with Crippen LogP contribution in [-0.4, -0.2) is 27.8 Å². The van der Waals surface area contributed by atoms with Gasteiger partial charge in [-0.15, -0.1) is 11.3 Å². The lowest BCUT2D eigenvalue weighted by Gasteiger charge is -2.15. The highest BCUT2D eigenvalue weighted by Crippen LogP contribution is 2.26. The van der Waals surface area contributed by atoms with Gasteiger partial charge in [0.1, 0.15) is 0 Å². The van der Waals surface area contributed by atoms with Gasteiger partial charge in [0.05, 0.1) is 23.3 Å². The lowest BCUT2D eigenvalue weighted by molar-refractivity contribution is 0.0788. The summed E-state index contributed by atoms with van der Waals surface area (Å²) in [5.41, 5.74) is 0.782. The Hall–Kier alpha value is -2.27. The second-order valence-corrected chi connectivity index (χ2v) is 5.59. The number of rotatable bonds is 3. The molecule has 4 nitrogen and oxygen atoms in total. The molecule has 0 aliphatic heterocycles. The van der Waals surface area contributed by atoms with Gasteiger partial charge in [-0.1, -0.05) is 18.2 Å². The van der Waals surface area contributed by atoms with E-state index in [2.05, 4.69) is 9.97 Å². The van der Waals surface area contributed by atoms with E-state index in [1.807, 2.05) is 30.3 Å². The Labute approximate surface area is 120 Å². The predicted octanol–water partition coefficient (Wildman–Crippen LogP) is 2.96. The topological polar surface area (TPSA) is 46.1 Å². The van der Waals surface area contributed by atoms with Crippen LogP contribution in [0.15, 0.2) is 48.9 Å². The van der Waals surface area contributed by atoms with Gasteiger partial charge in [0.2, 0.25) is 0 Å². The summed E-state index contributed by atoms with van der Waals surface area (Å²) in [4.78, 5) is 23.0. The van der Waals surface area contributed by atoms with Crippen LogP contribution in [0.2, 0.25) is 0 Å². The predicted molar refractivity (Wildman–Crippen MR) is 79.7 cm³/mol. The molecule has 100 valence electrons. The van der Waals surface area contributed by atoms with Gasteiger partial charge >= 0.3 is 0 Å². The minimum Gasteiger partial charge on any atom is -0.335 e. The first-order valence-electron chi connectivity index (χ1n) is 6.23. The molecule has 0 saturated carbocycles. The first-order valence-corrected chi connectivity index (χ1v) is 7.04. The third-order valence-electron chi connectivity index (χ3n) is 3.00. The molecule has 2 aromatic heterocycles. The number of nitrogens with zero attached hydrogens (tertiary/aromatic N) is 3. The second kappa shape index (κ2) is 5.38. The summed E-state index contributed by atoms with van der Waals surface area (Å²) in [5.74, 6) is 0.0110. The number of carbonyl (C=O) groups is 1. The standard InChI is InChI=1S/C15H13N3OS/c1-18(10-12-9-16-6-7-17-12)15(19)14-8-11-4-2-3-5-13(11)20-14/h2-9H,10H2,1H3. The SMILES string of the molecule is CN(Cc1cnccn1)C(=O)c1cc2ccccc2s1. The van der Waals surface area contributed by atoms with Crippen LogP contribution in [0.5, 0.6) is 0 Å². The van der Waals surface area contributed by atoms with Crippen LogP contribution in [0, 0.1) is 0 Å². The molecule has 0 aliphatic carbocycles. The third-order valence-corrected chi connectivity index (χ3v) is 4.10. The van der Waals surface area contributed by atoms with Gasteiger partial charge in [0, 0.05) is 24.1 Å². The van der Waals surface area contributed by atoms with E-state index >= 15 is 0 Å². The van der Waals surface area contributed by atoms with Crippen molar-refractivity contribution in [2.75, 3.05) is 7.05 Å². The van der Waals surface area contributed by atoms with Crippen molar-refractivity contribution >= 4 is 27.3 Å². The Morgan fingerprint density at radius 1 is 1.30 bits per heavy atom. The number of hydrogen-bond acceptors (Lipinski definition) is 4. The zero-order valence-corrected chi connectivity index (χ0v) is 11.8. The maximum absolute atomic E-state index is 12.4. The molecule has 2 heterocycles. The van der Waals surface area contributed by atoms with Crippen LogP contribution in [-0.2, 0) is 6.54 Å². The highest BCUT2D eigenvalue weighted by atomic mass is 32.1. The van der Waals surface area contributed by atoms with Crippen molar-refractivity contribution < 1.29 is 4.79 Å². The van der Waals surface area contributed by atoms with E-state index in [9.17, 15) is 4.79 Å². The van der Waals surface area contributed by atoms with Gasteiger partial charge in [-0.2, -0.15) is 0 Å². The monoisotopic (exact) mass is 283 g/mol. The Balaban J connectivity index is 1.81. The fourth-order valence-electron chi connectivity index (χ4n) is 2.00. The molecule has 0 fully saturated rings. The number of hydrogen-bond donors (Lipinski definition) is 0. The molecular weight excluding hydrogens is 270 g/mol. The van der Waals surface area contributed by atoms with Crippen LogP contribution in [0.3, 0.4) is 0 Å². The molecule has 20 heavy (non-hydrogen) atoms. The molecular formula is C15H13N3OS. The van der Waals surface area contributed by atoms with Crippen LogP contribution in [0.1, 0.15) is 15.4 Å². The first-order chi connectivity index (χ1) is 9.74. The smallest absolute Gasteiger partial charge is 0.264 e. The van der Waals surface area contributed by atoms with E-state index in [0.29, 0.717) is 6.54 Å². The Morgan fingerprint density at radius 2 is 2.15 bits per heavy atom. The summed E-state index contributed by atoms with van der Waals surface area (Å²) in [6, 6.07) is 9.95. The number of aromatic nitrogens is 2. The Bertz CT molecular complexity index is 706. The molecule has 0 unspecified atom stereocenters. The Kier molecular flexibility index (Phi) is 3.43. The van der Waals surface area contributed by atoms with Crippen LogP contribution in [0.25, 0.3) is 10.1 Å². The average Bonchev–Trinajstić information content (AvgIpc) is 2.91. The number of thiophene rings is 1. The zero-order chi connectivity index (χ0) is 13.9. The third kappa shape index (κ3) is 2.53. The Morgan fingerprint density at radius 3 is 2.90 bits per heavy atom. The van der Waals surface area contributed by atoms with Gasteiger partial charge in [-0.25, -0.2) is 0 Å². The molecule has 3 aromatic rings. The summed E-state index contributed by atoms with van der Waals surface area (Å²) in [5, 5.41) is 1.11. The summed E-state index contributed by atoms with van der Waals surface area (Å²) in [7, 11) is 1.78. The molecule has 0 radical (unpaired) electrons. The summed E-state index contributed by atoms with van der Waals surface area (Å²) in [6.07, 6.45) is 4.93. The molecule has 0 atom stereocenters. The van der Waals surface area contributed by atoms with Crippen molar-refractivity contribution in [3.05, 3.63) is 59.5 Å². The van der Waals surface area contributed by atoms with Crippen LogP contribution < -0.4 is 0 Å². The lowest BCUT2D eigenvalue weighted by atomic mass is 10.2. The quantitative estimate of drug-likeness (QED) is 0.742. The number of carbonyl (C=O) groups excluding carboxylic acids is 1. The fraction of sp³-hybridized carbons (Fsp3) is 0.133. The van der Waals surface area contributed by atoms with E-state index in [0.717, 1.165) is 20.7 Å². The molecule has 5 heteroatoms. The van der Waals surface area contributed by atoms with Crippen molar-refractivity contribution in [3.63, 3.8) is 0 Å². The zero-order valence-electron chi connectivity index (χ0n) is 11.0. The second-order valence-electron chi connectivity index (χ2n) is 4.51. The summed E-state index contributed by atoms with van der Waals surface area (Å²) < 4.78 is 1.13. The molecule has 1 aromatic carbocycles. The van der Waals surface area contributed by atoms with Crippen molar-refractivity contribution in [3.8, 4) is 0 Å². The lowest BCUT2D eigenvalue weighted by Crippen LogP contribution is -2.25. The van der Waals surface area contributed by atoms with Crippen molar-refractivity contribution in [1.82, 2.24) is 14.9 Å². The van der Waals surface area contributed by atoms with E-state index in [4.69, 9.17) is 0 Å². The summed E-state index contributed by atoms with van der Waals surface area (Å²) >= 11 is 1.52. The van der Waals surface area contributed by atoms with E-state index in [-0.39, 0.29) is 5.91 Å². The minimum absolute atomic E-state index is 0.0110. The van der Waals surface area contributed by atoms with E-state index in [1.165, 1.54) is 11.3 Å². The molecule has 0 spiro atoms. The molecule has 3 rings (SSSR count). The average molecular weight is 283 g/mol. The largest absolute Gasteiger partial charge is 0.335 e. The van der Waals surface area contributed by atoms with E-state index < -0.39 is 0 Å². The normalized spacial score (nSPS) is 10.7. The van der Waals surface area contributed by atoms with Crippen molar-refractivity contribution in [2.24, 2.45) is 0 Å². The number of benzene rings is 1. The maximum Gasteiger partial charge on any atom is 0.264 e. The van der Waals surface area contributed by atoms with Crippen molar-refractivity contribution in [1.29, 1.82) is 0 Å². The maximum atomic E-state index is 12.4. The number of amides is 1.